The van der Waals surface area contributed by atoms with Crippen molar-refractivity contribution >= 4 is 5.91 Å². The summed E-state index contributed by atoms with van der Waals surface area (Å²) in [5.74, 6) is 1.42. The highest BCUT2D eigenvalue weighted by Crippen LogP contribution is 2.27. The van der Waals surface area contributed by atoms with Crippen molar-refractivity contribution in [3.63, 3.8) is 0 Å². The first kappa shape index (κ1) is 12.8. The van der Waals surface area contributed by atoms with Gasteiger partial charge in [-0.05, 0) is 25.8 Å². The number of rotatable bonds is 2. The maximum atomic E-state index is 12.1. The Morgan fingerprint density at radius 3 is 2.85 bits per heavy atom. The van der Waals surface area contributed by atoms with Crippen molar-refractivity contribution in [2.24, 2.45) is 0 Å². The lowest BCUT2D eigenvalue weighted by atomic mass is 9.93. The SMILES string of the molecule is Cc1nccc(C2CCN(C(=O)c3cnco3)CC2)n1. The van der Waals surface area contributed by atoms with Crippen LogP contribution in [-0.4, -0.2) is 38.8 Å². The van der Waals surface area contributed by atoms with Gasteiger partial charge < -0.3 is 9.32 Å². The summed E-state index contributed by atoms with van der Waals surface area (Å²) >= 11 is 0. The zero-order chi connectivity index (χ0) is 13.9. The maximum Gasteiger partial charge on any atom is 0.291 e. The quantitative estimate of drug-likeness (QED) is 0.833. The fraction of sp³-hybridized carbons (Fsp3) is 0.429. The number of likely N-dealkylation sites (tertiary alicyclic amines) is 1. The van der Waals surface area contributed by atoms with Crippen LogP contribution in [0.4, 0.5) is 0 Å². The summed E-state index contributed by atoms with van der Waals surface area (Å²) in [6.45, 7) is 3.33. The van der Waals surface area contributed by atoms with Crippen molar-refractivity contribution in [3.8, 4) is 0 Å². The van der Waals surface area contributed by atoms with Gasteiger partial charge in [-0.1, -0.05) is 0 Å². The highest BCUT2D eigenvalue weighted by Gasteiger charge is 2.26. The predicted octanol–water partition coefficient (Wildman–Crippen LogP) is 1.79. The zero-order valence-electron chi connectivity index (χ0n) is 11.3. The van der Waals surface area contributed by atoms with Crippen molar-refractivity contribution in [2.45, 2.75) is 25.7 Å². The Kier molecular flexibility index (Phi) is 3.45. The Morgan fingerprint density at radius 2 is 2.20 bits per heavy atom. The summed E-state index contributed by atoms with van der Waals surface area (Å²) < 4.78 is 5.05. The molecule has 0 aromatic carbocycles. The van der Waals surface area contributed by atoms with E-state index >= 15 is 0 Å². The van der Waals surface area contributed by atoms with Crippen LogP contribution in [0.3, 0.4) is 0 Å². The van der Waals surface area contributed by atoms with E-state index in [-0.39, 0.29) is 5.91 Å². The van der Waals surface area contributed by atoms with Crippen molar-refractivity contribution in [1.82, 2.24) is 19.9 Å². The third kappa shape index (κ3) is 2.54. The molecule has 1 aliphatic rings. The fourth-order valence-electron chi connectivity index (χ4n) is 2.56. The molecule has 2 aromatic heterocycles. The van der Waals surface area contributed by atoms with Crippen LogP contribution in [-0.2, 0) is 0 Å². The van der Waals surface area contributed by atoms with E-state index in [2.05, 4.69) is 15.0 Å². The average Bonchev–Trinajstić information content (AvgIpc) is 3.01. The number of carbonyl (C=O) groups is 1. The molecule has 2 aromatic rings. The van der Waals surface area contributed by atoms with Crippen molar-refractivity contribution in [1.29, 1.82) is 0 Å². The standard InChI is InChI=1S/C14H16N4O2/c1-10-16-5-2-12(17-10)11-3-6-18(7-4-11)14(19)13-8-15-9-20-13/h2,5,8-9,11H,3-4,6-7H2,1H3. The Hall–Kier alpha value is -2.24. The summed E-state index contributed by atoms with van der Waals surface area (Å²) in [6, 6.07) is 1.96. The molecule has 1 saturated heterocycles. The van der Waals surface area contributed by atoms with Gasteiger partial charge in [-0.15, -0.1) is 0 Å². The second-order valence-corrected chi connectivity index (χ2v) is 4.96. The van der Waals surface area contributed by atoms with E-state index in [1.54, 1.807) is 6.20 Å². The lowest BCUT2D eigenvalue weighted by Gasteiger charge is -2.31. The van der Waals surface area contributed by atoms with Gasteiger partial charge in [0.05, 0.1) is 6.20 Å². The number of oxazole rings is 1. The summed E-state index contributed by atoms with van der Waals surface area (Å²) in [5.41, 5.74) is 1.07. The third-order valence-corrected chi connectivity index (χ3v) is 3.64. The first-order chi connectivity index (χ1) is 9.74. The summed E-state index contributed by atoms with van der Waals surface area (Å²) in [6.07, 6.45) is 6.36. The molecule has 3 heterocycles. The van der Waals surface area contributed by atoms with Gasteiger partial charge in [-0.2, -0.15) is 0 Å². The molecule has 0 N–H and O–H groups in total. The maximum absolute atomic E-state index is 12.1. The van der Waals surface area contributed by atoms with Gasteiger partial charge >= 0.3 is 0 Å². The number of carbonyl (C=O) groups excluding carboxylic acids is 1. The van der Waals surface area contributed by atoms with Gasteiger partial charge in [0.15, 0.2) is 6.39 Å². The fourth-order valence-corrected chi connectivity index (χ4v) is 2.56. The molecular weight excluding hydrogens is 256 g/mol. The van der Waals surface area contributed by atoms with E-state index in [1.165, 1.54) is 12.6 Å². The van der Waals surface area contributed by atoms with Gasteiger partial charge in [0.2, 0.25) is 5.76 Å². The zero-order valence-corrected chi connectivity index (χ0v) is 11.3. The second-order valence-electron chi connectivity index (χ2n) is 4.96. The molecule has 0 atom stereocenters. The predicted molar refractivity (Wildman–Crippen MR) is 71.2 cm³/mol. The molecule has 0 unspecified atom stereocenters. The Labute approximate surface area is 116 Å². The molecule has 0 aliphatic carbocycles. The van der Waals surface area contributed by atoms with Crippen LogP contribution in [0.15, 0.2) is 29.3 Å². The van der Waals surface area contributed by atoms with Gasteiger partial charge in [0.25, 0.3) is 5.91 Å². The van der Waals surface area contributed by atoms with Crippen LogP contribution in [0.25, 0.3) is 0 Å². The van der Waals surface area contributed by atoms with E-state index in [0.717, 1.165) is 24.4 Å². The van der Waals surface area contributed by atoms with Gasteiger partial charge in [0.1, 0.15) is 5.82 Å². The summed E-state index contributed by atoms with van der Waals surface area (Å²) in [4.78, 5) is 26.3. The first-order valence-electron chi connectivity index (χ1n) is 6.71. The number of aryl methyl sites for hydroxylation is 1. The van der Waals surface area contributed by atoms with Gasteiger partial charge in [-0.3, -0.25) is 4.79 Å². The molecule has 1 fully saturated rings. The number of aromatic nitrogens is 3. The number of hydrogen-bond donors (Lipinski definition) is 0. The molecule has 0 radical (unpaired) electrons. The molecule has 20 heavy (non-hydrogen) atoms. The number of piperidine rings is 1. The molecule has 6 heteroatoms. The number of amides is 1. The van der Waals surface area contributed by atoms with E-state index in [1.807, 2.05) is 17.9 Å². The van der Waals surface area contributed by atoms with E-state index in [9.17, 15) is 4.79 Å². The first-order valence-corrected chi connectivity index (χ1v) is 6.71. The normalized spacial score (nSPS) is 16.4. The van der Waals surface area contributed by atoms with Gasteiger partial charge in [-0.25, -0.2) is 15.0 Å². The van der Waals surface area contributed by atoms with Crippen LogP contribution in [0, 0.1) is 6.92 Å². The van der Waals surface area contributed by atoms with E-state index < -0.39 is 0 Å². The van der Waals surface area contributed by atoms with Gasteiger partial charge in [0, 0.05) is 30.9 Å². The molecule has 1 amide bonds. The van der Waals surface area contributed by atoms with Crippen molar-refractivity contribution in [3.05, 3.63) is 42.1 Å². The van der Waals surface area contributed by atoms with Crippen LogP contribution in [0.5, 0.6) is 0 Å². The Bertz CT molecular complexity index is 589. The Morgan fingerprint density at radius 1 is 1.40 bits per heavy atom. The topological polar surface area (TPSA) is 72.1 Å². The minimum Gasteiger partial charge on any atom is -0.438 e. The lowest BCUT2D eigenvalue weighted by Crippen LogP contribution is -2.37. The molecule has 0 saturated carbocycles. The summed E-state index contributed by atoms with van der Waals surface area (Å²) in [5, 5.41) is 0. The lowest BCUT2D eigenvalue weighted by molar-refractivity contribution is 0.0680. The molecule has 3 rings (SSSR count). The van der Waals surface area contributed by atoms with Crippen LogP contribution in [0.1, 0.15) is 40.8 Å². The second kappa shape index (κ2) is 5.40. The van der Waals surface area contributed by atoms with E-state index in [4.69, 9.17) is 4.42 Å². The highest BCUT2D eigenvalue weighted by atomic mass is 16.3. The van der Waals surface area contributed by atoms with Crippen LogP contribution < -0.4 is 0 Å². The molecular formula is C14H16N4O2. The average molecular weight is 272 g/mol. The number of hydrogen-bond acceptors (Lipinski definition) is 5. The van der Waals surface area contributed by atoms with Crippen molar-refractivity contribution < 1.29 is 9.21 Å². The smallest absolute Gasteiger partial charge is 0.291 e. The summed E-state index contributed by atoms with van der Waals surface area (Å²) in [7, 11) is 0. The molecule has 104 valence electrons. The minimum atomic E-state index is -0.0835. The molecule has 1 aliphatic heterocycles. The number of nitrogens with zero attached hydrogens (tertiary/aromatic N) is 4. The molecule has 0 bridgehead atoms. The monoisotopic (exact) mass is 272 g/mol. The van der Waals surface area contributed by atoms with Crippen molar-refractivity contribution in [2.75, 3.05) is 13.1 Å². The molecule has 0 spiro atoms. The third-order valence-electron chi connectivity index (χ3n) is 3.64. The highest BCUT2D eigenvalue weighted by molar-refractivity contribution is 5.91. The minimum absolute atomic E-state index is 0.0835. The largest absolute Gasteiger partial charge is 0.438 e. The van der Waals surface area contributed by atoms with E-state index in [0.29, 0.717) is 24.8 Å². The van der Waals surface area contributed by atoms with Crippen LogP contribution in [0.2, 0.25) is 0 Å². The van der Waals surface area contributed by atoms with Crippen LogP contribution >= 0.6 is 0 Å². The molecule has 6 nitrogen and oxygen atoms in total. The Balaban J connectivity index is 1.64.